The predicted octanol–water partition coefficient (Wildman–Crippen LogP) is 1.25. The van der Waals surface area contributed by atoms with E-state index in [9.17, 15) is 40.3 Å². The van der Waals surface area contributed by atoms with E-state index in [0.29, 0.717) is 0 Å². The fourth-order valence-corrected chi connectivity index (χ4v) is 4.79. The first-order valence-corrected chi connectivity index (χ1v) is 14.7. The van der Waals surface area contributed by atoms with E-state index in [4.69, 9.17) is 9.62 Å². The normalized spacial score (nSPS) is 15.0. The zero-order valence-corrected chi connectivity index (χ0v) is 23.8. The van der Waals surface area contributed by atoms with Crippen LogP contribution in [0.5, 0.6) is 0 Å². The molecule has 1 amide bonds. The van der Waals surface area contributed by atoms with E-state index in [-0.39, 0.29) is 45.4 Å². The molecule has 0 fully saturated rings. The number of aromatic amines is 1. The monoisotopic (exact) mass is 634 g/mol. The zero-order valence-electron chi connectivity index (χ0n) is 22.2. The molecule has 0 aliphatic carbocycles. The maximum Gasteiger partial charge on any atom is 0.359 e. The van der Waals surface area contributed by atoms with Gasteiger partial charge in [-0.15, -0.1) is 0 Å². The van der Waals surface area contributed by atoms with Gasteiger partial charge in [0.2, 0.25) is 0 Å². The number of anilines is 1. The first kappa shape index (κ1) is 31.2. The van der Waals surface area contributed by atoms with E-state index in [1.165, 1.54) is 49.6 Å². The van der Waals surface area contributed by atoms with Crippen LogP contribution in [0.3, 0.4) is 0 Å². The van der Waals surface area contributed by atoms with Crippen molar-refractivity contribution >= 4 is 49.6 Å². The molecule has 0 radical (unpaired) electrons. The molecule has 43 heavy (non-hydrogen) atoms. The molecular weight excluding hydrogens is 612 g/mol. The Bertz CT molecular complexity index is 1940. The maximum absolute atomic E-state index is 13.2. The summed E-state index contributed by atoms with van der Waals surface area (Å²) in [5, 5.41) is 7.63. The molecule has 3 aromatic rings. The lowest BCUT2D eigenvalue weighted by atomic mass is 10.1. The minimum Gasteiger partial charge on any atom is -0.464 e. The average molecular weight is 635 g/mol. The number of ether oxygens (including phenoxy) is 1. The molecule has 2 heterocycles. The number of hydrazone groups is 1. The molecule has 0 atom stereocenters. The molecule has 0 bridgehead atoms. The zero-order chi connectivity index (χ0) is 31.5. The number of esters is 1. The van der Waals surface area contributed by atoms with Crippen molar-refractivity contribution in [1.82, 2.24) is 9.78 Å². The number of carbonyl (C=O) groups excluding carboxylic acids is 2. The van der Waals surface area contributed by atoms with Gasteiger partial charge >= 0.3 is 5.97 Å². The maximum atomic E-state index is 13.2. The molecule has 18 heteroatoms. The Morgan fingerprint density at radius 1 is 0.930 bits per heavy atom. The summed E-state index contributed by atoms with van der Waals surface area (Å²) in [6, 6.07) is 9.26. The number of H-pyrrole nitrogens is 1. The number of hydrogen-bond acceptors (Lipinski definition) is 11. The predicted molar refractivity (Wildman–Crippen MR) is 148 cm³/mol. The second-order valence-corrected chi connectivity index (χ2v) is 11.4. The summed E-state index contributed by atoms with van der Waals surface area (Å²) in [6.45, 7) is -0.223. The molecule has 4 rings (SSSR count). The minimum absolute atomic E-state index is 0.0485. The molecule has 0 saturated heterocycles. The van der Waals surface area contributed by atoms with Crippen molar-refractivity contribution in [3.63, 3.8) is 0 Å². The van der Waals surface area contributed by atoms with Crippen molar-refractivity contribution in [3.05, 3.63) is 87.9 Å². The van der Waals surface area contributed by atoms with Crippen LogP contribution in [-0.4, -0.2) is 67.5 Å². The van der Waals surface area contributed by atoms with Crippen molar-refractivity contribution in [2.24, 2.45) is 5.10 Å². The fourth-order valence-electron chi connectivity index (χ4n) is 3.83. The van der Waals surface area contributed by atoms with Crippen LogP contribution in [0, 0.1) is 0 Å². The second-order valence-electron chi connectivity index (χ2n) is 8.51. The van der Waals surface area contributed by atoms with Gasteiger partial charge in [-0.25, -0.2) is 19.3 Å². The standard InChI is InChI=1S/C25H22N4O12S2/c1-39-25(32)22-20(24(31)29(27-22)16-8-12-18(13-9-16)43(36,37)38)5-3-4-19-21(14-41-40-2)26-28(23(19)30)15-6-10-17(11-7-15)42(33,34)35/h3-13,26H,14H2,1-2H3,(H,33,34,35)(H,36,37,38)/b4-3+,20-5+. The Morgan fingerprint density at radius 2 is 1.49 bits per heavy atom. The van der Waals surface area contributed by atoms with Crippen LogP contribution in [0.25, 0.3) is 11.8 Å². The van der Waals surface area contributed by atoms with E-state index < -0.39 is 42.6 Å². The summed E-state index contributed by atoms with van der Waals surface area (Å²) < 4.78 is 69.5. The highest BCUT2D eigenvalue weighted by Crippen LogP contribution is 2.26. The second kappa shape index (κ2) is 12.3. The lowest BCUT2D eigenvalue weighted by molar-refractivity contribution is -0.282. The molecule has 1 aliphatic rings. The van der Waals surface area contributed by atoms with Crippen molar-refractivity contribution in [2.75, 3.05) is 19.2 Å². The quantitative estimate of drug-likeness (QED) is 0.0942. The Morgan fingerprint density at radius 3 is 2.00 bits per heavy atom. The molecular formula is C25H22N4O12S2. The minimum atomic E-state index is -4.49. The van der Waals surface area contributed by atoms with Gasteiger partial charge in [0.25, 0.3) is 31.7 Å². The lowest BCUT2D eigenvalue weighted by Gasteiger charge is -2.11. The van der Waals surface area contributed by atoms with Gasteiger partial charge in [-0.1, -0.05) is 6.08 Å². The van der Waals surface area contributed by atoms with Gasteiger partial charge in [0.15, 0.2) is 5.71 Å². The molecule has 3 N–H and O–H groups in total. The van der Waals surface area contributed by atoms with Gasteiger partial charge in [0.05, 0.1) is 52.2 Å². The van der Waals surface area contributed by atoms with Crippen molar-refractivity contribution < 1.29 is 50.0 Å². The SMILES string of the molecule is COOCc1[nH]n(-c2ccc(S(=O)(=O)O)cc2)c(=O)c1/C=C/C=C1/C(=O)N(c2ccc(S(=O)(=O)O)cc2)N=C1C(=O)OC. The number of aromatic nitrogens is 2. The first-order valence-electron chi connectivity index (χ1n) is 11.8. The molecule has 16 nitrogen and oxygen atoms in total. The lowest BCUT2D eigenvalue weighted by Crippen LogP contribution is -2.22. The Balaban J connectivity index is 1.70. The van der Waals surface area contributed by atoms with E-state index in [1.54, 1.807) is 0 Å². The van der Waals surface area contributed by atoms with Crippen LogP contribution in [0.2, 0.25) is 0 Å². The molecule has 226 valence electrons. The largest absolute Gasteiger partial charge is 0.464 e. The summed E-state index contributed by atoms with van der Waals surface area (Å²) in [7, 11) is -6.60. The van der Waals surface area contributed by atoms with Gasteiger partial charge in [0.1, 0.15) is 6.61 Å². The van der Waals surface area contributed by atoms with E-state index >= 15 is 0 Å². The highest BCUT2D eigenvalue weighted by molar-refractivity contribution is 7.86. The third-order valence-electron chi connectivity index (χ3n) is 5.88. The van der Waals surface area contributed by atoms with Gasteiger partial charge in [-0.3, -0.25) is 23.8 Å². The van der Waals surface area contributed by atoms with Crippen LogP contribution < -0.4 is 10.6 Å². The summed E-state index contributed by atoms with van der Waals surface area (Å²) in [5.41, 5.74) is -0.621. The third-order valence-corrected chi connectivity index (χ3v) is 7.62. The topological polar surface area (TPSA) is 224 Å². The molecule has 0 unspecified atom stereocenters. The molecule has 1 aliphatic heterocycles. The summed E-state index contributed by atoms with van der Waals surface area (Å²) in [6.07, 6.45) is 3.82. The third kappa shape index (κ3) is 6.69. The Kier molecular flexibility index (Phi) is 8.90. The average Bonchev–Trinajstić information content (AvgIpc) is 3.46. The van der Waals surface area contributed by atoms with E-state index in [2.05, 4.69) is 15.1 Å². The van der Waals surface area contributed by atoms with Crippen molar-refractivity contribution in [3.8, 4) is 5.69 Å². The molecule has 2 aromatic carbocycles. The first-order chi connectivity index (χ1) is 20.3. The molecule has 1 aromatic heterocycles. The molecule has 0 saturated carbocycles. The number of carbonyl (C=O) groups is 2. The van der Waals surface area contributed by atoms with Gasteiger partial charge in [-0.2, -0.15) is 26.9 Å². The smallest absolute Gasteiger partial charge is 0.359 e. The summed E-state index contributed by atoms with van der Waals surface area (Å²) >= 11 is 0. The van der Waals surface area contributed by atoms with Crippen LogP contribution in [0.15, 0.2) is 85.9 Å². The summed E-state index contributed by atoms with van der Waals surface area (Å²) in [4.78, 5) is 47.6. The number of nitrogens with zero attached hydrogens (tertiary/aromatic N) is 3. The van der Waals surface area contributed by atoms with Gasteiger partial charge in [0, 0.05) is 0 Å². The Hall–Kier alpha value is -4.72. The number of methoxy groups -OCH3 is 1. The Labute approximate surface area is 243 Å². The van der Waals surface area contributed by atoms with Crippen LogP contribution >= 0.6 is 0 Å². The number of hydrogen-bond donors (Lipinski definition) is 3. The number of allylic oxidation sites excluding steroid dienone is 2. The van der Waals surface area contributed by atoms with Crippen LogP contribution in [-0.2, 0) is 50.9 Å². The van der Waals surface area contributed by atoms with Crippen LogP contribution in [0.4, 0.5) is 5.69 Å². The number of nitrogens with one attached hydrogen (secondary N) is 1. The fraction of sp³-hybridized carbons (Fsp3) is 0.120. The highest BCUT2D eigenvalue weighted by Gasteiger charge is 2.35. The highest BCUT2D eigenvalue weighted by atomic mass is 32.2. The van der Waals surface area contributed by atoms with Crippen LogP contribution in [0.1, 0.15) is 11.3 Å². The van der Waals surface area contributed by atoms with Gasteiger partial charge in [-0.05, 0) is 60.7 Å². The van der Waals surface area contributed by atoms with Gasteiger partial charge < -0.3 is 4.74 Å². The number of rotatable bonds is 10. The van der Waals surface area contributed by atoms with E-state index in [1.807, 2.05) is 0 Å². The summed E-state index contributed by atoms with van der Waals surface area (Å²) in [5.74, 6) is -1.73. The number of benzene rings is 2. The van der Waals surface area contributed by atoms with Crippen molar-refractivity contribution in [2.45, 2.75) is 16.4 Å². The molecule has 0 spiro atoms. The van der Waals surface area contributed by atoms with E-state index in [0.717, 1.165) is 41.1 Å². The van der Waals surface area contributed by atoms with Crippen molar-refractivity contribution in [1.29, 1.82) is 0 Å². The number of amides is 1.